The van der Waals surface area contributed by atoms with E-state index in [4.69, 9.17) is 0 Å². The molecule has 5 heteroatoms. The van der Waals surface area contributed by atoms with Crippen LogP contribution in [0.15, 0.2) is 18.5 Å². The molecule has 1 saturated heterocycles. The first kappa shape index (κ1) is 13.4. The van der Waals surface area contributed by atoms with E-state index in [2.05, 4.69) is 51.2 Å². The van der Waals surface area contributed by atoms with E-state index in [9.17, 15) is 0 Å². The molecule has 1 unspecified atom stereocenters. The van der Waals surface area contributed by atoms with Gasteiger partial charge in [-0.15, -0.1) is 0 Å². The number of hydrogen-bond acceptors (Lipinski definition) is 3. The minimum Gasteiger partial charge on any atom is -0.337 e. The fourth-order valence-electron chi connectivity index (χ4n) is 3.10. The molecule has 5 nitrogen and oxygen atoms in total. The first-order valence-electron chi connectivity index (χ1n) is 7.35. The summed E-state index contributed by atoms with van der Waals surface area (Å²) in [5.74, 6) is 1.14. The lowest BCUT2D eigenvalue weighted by molar-refractivity contribution is 0.211. The molecule has 0 radical (unpaired) electrons. The van der Waals surface area contributed by atoms with E-state index in [1.54, 1.807) is 0 Å². The Morgan fingerprint density at radius 3 is 2.85 bits per heavy atom. The van der Waals surface area contributed by atoms with Gasteiger partial charge < -0.3 is 4.57 Å². The molecule has 1 atom stereocenters. The molecule has 1 aliphatic rings. The summed E-state index contributed by atoms with van der Waals surface area (Å²) in [4.78, 5) is 6.98. The summed E-state index contributed by atoms with van der Waals surface area (Å²) in [6, 6.07) is 2.72. The molecule has 0 N–H and O–H groups in total. The number of rotatable bonds is 4. The molecule has 0 bridgehead atoms. The van der Waals surface area contributed by atoms with Crippen LogP contribution in [0.4, 0.5) is 0 Å². The highest BCUT2D eigenvalue weighted by Crippen LogP contribution is 2.21. The first-order chi connectivity index (χ1) is 9.63. The van der Waals surface area contributed by atoms with Crippen LogP contribution in [-0.4, -0.2) is 36.8 Å². The predicted octanol–water partition coefficient (Wildman–Crippen LogP) is 1.90. The van der Waals surface area contributed by atoms with Gasteiger partial charge in [0.25, 0.3) is 0 Å². The van der Waals surface area contributed by atoms with E-state index in [0.717, 1.165) is 31.2 Å². The van der Waals surface area contributed by atoms with Gasteiger partial charge in [0, 0.05) is 31.2 Å². The molecule has 1 fully saturated rings. The Morgan fingerprint density at radius 2 is 2.20 bits per heavy atom. The number of imidazole rings is 1. The van der Waals surface area contributed by atoms with Gasteiger partial charge in [-0.05, 0) is 39.3 Å². The molecule has 2 aromatic heterocycles. The average Bonchev–Trinajstić information content (AvgIpc) is 3.06. The van der Waals surface area contributed by atoms with Crippen LogP contribution >= 0.6 is 0 Å². The van der Waals surface area contributed by atoms with Crippen molar-refractivity contribution in [3.8, 4) is 0 Å². The topological polar surface area (TPSA) is 38.9 Å². The zero-order chi connectivity index (χ0) is 14.1. The van der Waals surface area contributed by atoms with Crippen molar-refractivity contribution in [1.29, 1.82) is 0 Å². The highest BCUT2D eigenvalue weighted by molar-refractivity contribution is 5.07. The van der Waals surface area contributed by atoms with Crippen molar-refractivity contribution < 1.29 is 0 Å². The zero-order valence-corrected chi connectivity index (χ0v) is 12.6. The number of hydrogen-bond donors (Lipinski definition) is 0. The summed E-state index contributed by atoms with van der Waals surface area (Å²) in [5, 5.41) is 4.59. The highest BCUT2D eigenvalue weighted by Gasteiger charge is 2.26. The molecule has 3 rings (SSSR count). The van der Waals surface area contributed by atoms with Crippen LogP contribution in [0, 0.1) is 13.8 Å². The number of aryl methyl sites for hydroxylation is 3. The first-order valence-corrected chi connectivity index (χ1v) is 7.35. The second kappa shape index (κ2) is 5.40. The molecule has 0 spiro atoms. The Bertz CT molecular complexity index is 583. The molecule has 0 aliphatic carbocycles. The van der Waals surface area contributed by atoms with Crippen molar-refractivity contribution in [1.82, 2.24) is 24.2 Å². The van der Waals surface area contributed by atoms with E-state index in [-0.39, 0.29) is 0 Å². The van der Waals surface area contributed by atoms with Crippen molar-refractivity contribution in [3.63, 3.8) is 0 Å². The lowest BCUT2D eigenvalue weighted by Gasteiger charge is -2.24. The molecule has 1 aliphatic heterocycles. The number of nitrogens with zero attached hydrogens (tertiary/aromatic N) is 5. The quantitative estimate of drug-likeness (QED) is 0.854. The van der Waals surface area contributed by atoms with Gasteiger partial charge in [0.1, 0.15) is 5.82 Å². The summed E-state index contributed by atoms with van der Waals surface area (Å²) in [6.07, 6.45) is 6.42. The highest BCUT2D eigenvalue weighted by atomic mass is 15.3. The van der Waals surface area contributed by atoms with Gasteiger partial charge in [-0.2, -0.15) is 5.10 Å². The van der Waals surface area contributed by atoms with Crippen LogP contribution in [0.25, 0.3) is 0 Å². The van der Waals surface area contributed by atoms with Crippen LogP contribution in [0.1, 0.15) is 30.1 Å². The standard InChI is InChI=1S/C15H23N5/c1-12-9-13(2)20(17-12)10-14-5-4-7-19(14)11-15-16-6-8-18(15)3/h6,8-9,14H,4-5,7,10-11H2,1-3H3. The Hall–Kier alpha value is -1.62. The molecule has 20 heavy (non-hydrogen) atoms. The van der Waals surface area contributed by atoms with Gasteiger partial charge in [0.2, 0.25) is 0 Å². The Morgan fingerprint density at radius 1 is 1.35 bits per heavy atom. The Balaban J connectivity index is 1.69. The van der Waals surface area contributed by atoms with Crippen molar-refractivity contribution in [2.45, 2.75) is 45.8 Å². The molecule has 2 aromatic rings. The van der Waals surface area contributed by atoms with E-state index >= 15 is 0 Å². The molecular formula is C15H23N5. The molecule has 0 amide bonds. The third-order valence-corrected chi connectivity index (χ3v) is 4.25. The van der Waals surface area contributed by atoms with E-state index in [0.29, 0.717) is 6.04 Å². The normalized spacial score (nSPS) is 19.9. The van der Waals surface area contributed by atoms with E-state index < -0.39 is 0 Å². The second-order valence-electron chi connectivity index (χ2n) is 5.83. The van der Waals surface area contributed by atoms with Gasteiger partial charge in [0.05, 0.1) is 18.8 Å². The fraction of sp³-hybridized carbons (Fsp3) is 0.600. The van der Waals surface area contributed by atoms with Crippen molar-refractivity contribution in [2.75, 3.05) is 6.54 Å². The van der Waals surface area contributed by atoms with E-state index in [1.165, 1.54) is 18.5 Å². The summed E-state index contributed by atoms with van der Waals surface area (Å²) < 4.78 is 4.26. The van der Waals surface area contributed by atoms with Gasteiger partial charge in [-0.3, -0.25) is 9.58 Å². The van der Waals surface area contributed by atoms with E-state index in [1.807, 2.05) is 12.4 Å². The van der Waals surface area contributed by atoms with Crippen LogP contribution in [-0.2, 0) is 20.1 Å². The van der Waals surface area contributed by atoms with Crippen molar-refractivity contribution >= 4 is 0 Å². The maximum atomic E-state index is 4.59. The summed E-state index contributed by atoms with van der Waals surface area (Å²) >= 11 is 0. The summed E-state index contributed by atoms with van der Waals surface area (Å²) in [7, 11) is 2.06. The third-order valence-electron chi connectivity index (χ3n) is 4.25. The summed E-state index contributed by atoms with van der Waals surface area (Å²) in [5.41, 5.74) is 2.36. The Kier molecular flexibility index (Phi) is 3.61. The average molecular weight is 273 g/mol. The molecule has 108 valence electrons. The van der Waals surface area contributed by atoms with Gasteiger partial charge in [-0.25, -0.2) is 4.98 Å². The van der Waals surface area contributed by atoms with Gasteiger partial charge >= 0.3 is 0 Å². The minimum absolute atomic E-state index is 0.574. The maximum absolute atomic E-state index is 4.59. The van der Waals surface area contributed by atoms with Gasteiger partial charge in [0.15, 0.2) is 0 Å². The molecule has 0 aromatic carbocycles. The van der Waals surface area contributed by atoms with Crippen LogP contribution in [0.3, 0.4) is 0 Å². The predicted molar refractivity (Wildman–Crippen MR) is 78.3 cm³/mol. The molecular weight excluding hydrogens is 250 g/mol. The maximum Gasteiger partial charge on any atom is 0.122 e. The number of likely N-dealkylation sites (tertiary alicyclic amines) is 1. The summed E-state index contributed by atoms with van der Waals surface area (Å²) in [6.45, 7) is 7.29. The Labute approximate surface area is 120 Å². The third kappa shape index (κ3) is 2.63. The lowest BCUT2D eigenvalue weighted by atomic mass is 10.2. The van der Waals surface area contributed by atoms with Crippen molar-refractivity contribution in [3.05, 3.63) is 35.7 Å². The largest absolute Gasteiger partial charge is 0.337 e. The van der Waals surface area contributed by atoms with Crippen LogP contribution < -0.4 is 0 Å². The van der Waals surface area contributed by atoms with Gasteiger partial charge in [-0.1, -0.05) is 0 Å². The fourth-order valence-corrected chi connectivity index (χ4v) is 3.10. The zero-order valence-electron chi connectivity index (χ0n) is 12.6. The monoisotopic (exact) mass is 273 g/mol. The minimum atomic E-state index is 0.574. The smallest absolute Gasteiger partial charge is 0.122 e. The lowest BCUT2D eigenvalue weighted by Crippen LogP contribution is -2.33. The van der Waals surface area contributed by atoms with Crippen LogP contribution in [0.2, 0.25) is 0 Å². The number of aromatic nitrogens is 4. The van der Waals surface area contributed by atoms with Crippen molar-refractivity contribution in [2.24, 2.45) is 7.05 Å². The second-order valence-corrected chi connectivity index (χ2v) is 5.83. The molecule has 0 saturated carbocycles. The SMILES string of the molecule is Cc1cc(C)n(CC2CCCN2Cc2nccn2C)n1. The van der Waals surface area contributed by atoms with Crippen LogP contribution in [0.5, 0.6) is 0 Å². The molecule has 3 heterocycles.